The van der Waals surface area contributed by atoms with Crippen molar-refractivity contribution in [3.63, 3.8) is 0 Å². The van der Waals surface area contributed by atoms with Gasteiger partial charge in [-0.2, -0.15) is 15.3 Å². The molecule has 0 aliphatic carbocycles. The van der Waals surface area contributed by atoms with E-state index in [1.807, 2.05) is 85.2 Å². The summed E-state index contributed by atoms with van der Waals surface area (Å²) >= 11 is 0. The molecule has 16 rings (SSSR count). The second kappa shape index (κ2) is 29.4. The van der Waals surface area contributed by atoms with E-state index in [4.69, 9.17) is 20.2 Å². The maximum Gasteiger partial charge on any atom is 0.160 e. The Balaban J connectivity index is 0.000000127. The molecule has 23 heteroatoms. The fourth-order valence-electron chi connectivity index (χ4n) is 11.8. The van der Waals surface area contributed by atoms with Gasteiger partial charge in [-0.1, -0.05) is 48.6 Å². The van der Waals surface area contributed by atoms with Crippen molar-refractivity contribution in [2.75, 3.05) is 33.4 Å². The molecule has 1 fully saturated rings. The second-order valence-corrected chi connectivity index (χ2v) is 23.3. The number of hydrogen-bond acceptors (Lipinski definition) is 17. The van der Waals surface area contributed by atoms with Gasteiger partial charge in [-0.15, -0.1) is 0 Å². The van der Waals surface area contributed by atoms with E-state index in [9.17, 15) is 13.2 Å². The molecular formula is C76H61F3N18O2. The minimum atomic E-state index is -0.354. The quantitative estimate of drug-likeness (QED) is 0.0907. The van der Waals surface area contributed by atoms with E-state index in [-0.39, 0.29) is 30.7 Å². The Morgan fingerprint density at radius 2 is 0.879 bits per heavy atom. The molecule has 3 aromatic carbocycles. The van der Waals surface area contributed by atoms with Crippen LogP contribution in [0.4, 0.5) is 13.2 Å². The Kier molecular flexibility index (Phi) is 19.0. The number of rotatable bonds is 15. The number of piperidine rings is 1. The highest BCUT2D eigenvalue weighted by Gasteiger charge is 2.22. The average molecular weight is 1320 g/mol. The zero-order valence-corrected chi connectivity index (χ0v) is 53.3. The number of pyridine rings is 7. The first-order chi connectivity index (χ1) is 48.6. The number of aliphatic hydroxyl groups is 2. The van der Waals surface area contributed by atoms with Gasteiger partial charge in [0.05, 0.1) is 121 Å². The Labute approximate surface area is 565 Å². The van der Waals surface area contributed by atoms with Crippen LogP contribution in [-0.4, -0.2) is 133 Å². The fourth-order valence-corrected chi connectivity index (χ4v) is 11.8. The smallest absolute Gasteiger partial charge is 0.160 e. The topological polar surface area (TPSA) is 239 Å². The van der Waals surface area contributed by atoms with E-state index in [1.165, 1.54) is 18.2 Å². The Hall–Kier alpha value is -12.3. The molecule has 0 atom stereocenters. The van der Waals surface area contributed by atoms with Crippen molar-refractivity contribution in [1.82, 2.24) is 89.1 Å². The lowest BCUT2D eigenvalue weighted by atomic mass is 10.0. The molecule has 20 nitrogen and oxygen atoms in total. The van der Waals surface area contributed by atoms with E-state index in [2.05, 4.69) is 83.0 Å². The number of halogens is 3. The van der Waals surface area contributed by atoms with Crippen LogP contribution in [0.2, 0.25) is 0 Å². The van der Waals surface area contributed by atoms with Crippen LogP contribution in [-0.2, 0) is 13.1 Å². The molecule has 2 N–H and O–H groups in total. The number of likely N-dealkylation sites (tertiary alicyclic amines) is 1. The van der Waals surface area contributed by atoms with Crippen LogP contribution in [0.1, 0.15) is 18.9 Å². The summed E-state index contributed by atoms with van der Waals surface area (Å²) in [5, 5.41) is 33.7. The molecule has 1 saturated heterocycles. The third-order valence-electron chi connectivity index (χ3n) is 16.8. The summed E-state index contributed by atoms with van der Waals surface area (Å²) < 4.78 is 49.0. The number of nitrogens with zero attached hydrogens (tertiary/aromatic N) is 18. The summed E-state index contributed by atoms with van der Waals surface area (Å²) in [7, 11) is 2.15. The minimum Gasteiger partial charge on any atom is -0.394 e. The first kappa shape index (κ1) is 64.1. The normalized spacial score (nSPS) is 12.6. The monoisotopic (exact) mass is 1310 g/mol. The molecule has 0 amide bonds. The largest absolute Gasteiger partial charge is 0.394 e. The molecule has 1 aliphatic rings. The molecule has 488 valence electrons. The summed E-state index contributed by atoms with van der Waals surface area (Å²) in [5.41, 5.74) is 13.7. The zero-order valence-electron chi connectivity index (χ0n) is 53.3. The van der Waals surface area contributed by atoms with Crippen LogP contribution in [0.25, 0.3) is 134 Å². The van der Waals surface area contributed by atoms with Gasteiger partial charge in [0.2, 0.25) is 0 Å². The van der Waals surface area contributed by atoms with Crippen molar-refractivity contribution in [2.45, 2.75) is 32.0 Å². The van der Waals surface area contributed by atoms with Crippen molar-refractivity contribution >= 4 is 33.1 Å². The van der Waals surface area contributed by atoms with Gasteiger partial charge in [-0.05, 0) is 142 Å². The predicted octanol–water partition coefficient (Wildman–Crippen LogP) is 13.7. The Morgan fingerprint density at radius 3 is 1.39 bits per heavy atom. The number of hydrogen-bond donors (Lipinski definition) is 2. The molecule has 1 aliphatic heterocycles. The van der Waals surface area contributed by atoms with Gasteiger partial charge in [0.25, 0.3) is 0 Å². The maximum absolute atomic E-state index is 14.6. The van der Waals surface area contributed by atoms with E-state index in [0.29, 0.717) is 86.9 Å². The first-order valence-corrected chi connectivity index (χ1v) is 31.9. The van der Waals surface area contributed by atoms with Crippen LogP contribution in [0.15, 0.2) is 238 Å². The number of benzene rings is 3. The van der Waals surface area contributed by atoms with Gasteiger partial charge < -0.3 is 15.1 Å². The van der Waals surface area contributed by atoms with Gasteiger partial charge in [0.1, 0.15) is 17.5 Å². The maximum atomic E-state index is 14.6. The highest BCUT2D eigenvalue weighted by Crippen LogP contribution is 2.37. The van der Waals surface area contributed by atoms with E-state index in [0.717, 1.165) is 92.4 Å². The minimum absolute atomic E-state index is 0.00165. The SMILES string of the molecule is CN1CCC(n2cc(-c3cncc(-c4cc(-c5ccccc5F)nc5ncccc45)n3)cn2)CC1.OC/C=C/Cn1cc(-c2ccnc(-c3cc(-c4ccccc4F)nc4ncccc34)c2)cn1.OCCn1cc(-c2cncc(-c3cc(-c4ccccc4F)nc4ncccc34)n2)cn1. The van der Waals surface area contributed by atoms with Gasteiger partial charge in [0.15, 0.2) is 16.9 Å². The van der Waals surface area contributed by atoms with Crippen LogP contribution in [0, 0.1) is 17.5 Å². The standard InChI is InChI=1S/C27H24FN7.C26H20FN5O.C23H17FN6O/c1-34-11-8-19(9-12-34)35-17-18(14-31-35)25-15-29-16-26(32-25)22-13-24(21-5-2-3-7-23(21)28)33-27-20(22)6-4-10-30-27;27-23-8-2-1-6-21(23)25-15-22(20-7-5-10-29-26(20)31-25)24-14-18(9-11-28-24)19-16-30-32(17-19)12-3-4-13-33;24-19-6-2-1-4-17(19)20-10-18(16-5-3-7-26-23(16)29-20)22-13-25-12-21(28-22)15-11-27-30(14-15)8-9-31/h2-7,10,13-17,19H,8-9,11-12H2,1H3;1-11,14-17,33H,12-13H2;1-7,10-14,31H,8-9H2/b;4-3+;. The highest BCUT2D eigenvalue weighted by atomic mass is 19.1. The second-order valence-electron chi connectivity index (χ2n) is 23.3. The predicted molar refractivity (Wildman–Crippen MR) is 373 cm³/mol. The molecule has 0 bridgehead atoms. The third-order valence-corrected chi connectivity index (χ3v) is 16.8. The summed E-state index contributed by atoms with van der Waals surface area (Å²) in [6, 6.07) is 40.9. The van der Waals surface area contributed by atoms with Crippen LogP contribution in [0.5, 0.6) is 0 Å². The van der Waals surface area contributed by atoms with Gasteiger partial charge in [-0.25, -0.2) is 53.0 Å². The van der Waals surface area contributed by atoms with Crippen LogP contribution < -0.4 is 0 Å². The number of aromatic nitrogens is 17. The number of fused-ring (bicyclic) bond motifs is 3. The molecule has 12 aromatic heterocycles. The lowest BCUT2D eigenvalue weighted by Crippen LogP contribution is -2.31. The van der Waals surface area contributed by atoms with Crippen molar-refractivity contribution in [1.29, 1.82) is 0 Å². The highest BCUT2D eigenvalue weighted by molar-refractivity contribution is 5.97. The molecule has 13 heterocycles. The van der Waals surface area contributed by atoms with Gasteiger partial charge in [0, 0.05) is 110 Å². The lowest BCUT2D eigenvalue weighted by molar-refractivity contribution is 0.212. The van der Waals surface area contributed by atoms with E-state index < -0.39 is 0 Å². The summed E-state index contributed by atoms with van der Waals surface area (Å²) in [6.45, 7) is 3.13. The molecule has 0 unspecified atom stereocenters. The lowest BCUT2D eigenvalue weighted by Gasteiger charge is -2.28. The molecule has 0 spiro atoms. The van der Waals surface area contributed by atoms with E-state index >= 15 is 0 Å². The van der Waals surface area contributed by atoms with Gasteiger partial charge >= 0.3 is 0 Å². The molecular weight excluding hydrogens is 1250 g/mol. The van der Waals surface area contributed by atoms with Crippen molar-refractivity contribution in [3.05, 3.63) is 256 Å². The Morgan fingerprint density at radius 1 is 0.414 bits per heavy atom. The average Bonchev–Trinajstić information content (AvgIpc) is 1.43. The molecule has 0 saturated carbocycles. The van der Waals surface area contributed by atoms with Crippen molar-refractivity contribution < 1.29 is 23.4 Å². The van der Waals surface area contributed by atoms with Crippen molar-refractivity contribution in [2.24, 2.45) is 0 Å². The summed E-state index contributed by atoms with van der Waals surface area (Å²) in [6.07, 6.45) is 30.4. The van der Waals surface area contributed by atoms with Crippen LogP contribution >= 0.6 is 0 Å². The van der Waals surface area contributed by atoms with Crippen LogP contribution in [0.3, 0.4) is 0 Å². The molecule has 99 heavy (non-hydrogen) atoms. The van der Waals surface area contributed by atoms with Gasteiger partial charge in [-0.3, -0.25) is 29.0 Å². The molecule has 15 aromatic rings. The third kappa shape index (κ3) is 14.3. The summed E-state index contributed by atoms with van der Waals surface area (Å²) in [5.74, 6) is -1.02. The van der Waals surface area contributed by atoms with Crippen molar-refractivity contribution in [3.8, 4) is 101 Å². The first-order valence-electron chi connectivity index (χ1n) is 31.9. The number of allylic oxidation sites excluding steroid dienone is 1. The zero-order chi connectivity index (χ0) is 67.6. The fraction of sp³-hybridized carbons (Fsp3) is 0.132. The summed E-state index contributed by atoms with van der Waals surface area (Å²) in [4.78, 5) is 52.4. The molecule has 0 radical (unpaired) electrons. The van der Waals surface area contributed by atoms with E-state index in [1.54, 1.807) is 138 Å². The Bertz CT molecular complexity index is 5400. The number of aliphatic hydroxyl groups excluding tert-OH is 2.